The van der Waals surface area contributed by atoms with Gasteiger partial charge in [0.1, 0.15) is 11.8 Å². The Morgan fingerprint density at radius 2 is 1.81 bits per heavy atom. The van der Waals surface area contributed by atoms with Crippen LogP contribution in [0.3, 0.4) is 0 Å². The zero-order valence-electron chi connectivity index (χ0n) is 12.3. The maximum atomic E-state index is 9.59. The quantitative estimate of drug-likeness (QED) is 0.787. The summed E-state index contributed by atoms with van der Waals surface area (Å²) in [6.07, 6.45) is 0. The third-order valence-electron chi connectivity index (χ3n) is 4.03. The topological polar surface area (TPSA) is 36.3 Å². The van der Waals surface area contributed by atoms with E-state index in [-0.39, 0.29) is 0 Å². The fourth-order valence-corrected chi connectivity index (χ4v) is 2.77. The highest BCUT2D eigenvalue weighted by Gasteiger charge is 2.22. The van der Waals surface area contributed by atoms with Gasteiger partial charge in [-0.3, -0.25) is 0 Å². The van der Waals surface area contributed by atoms with E-state index in [0.29, 0.717) is 5.57 Å². The number of anilines is 1. The monoisotopic (exact) mass is 276 g/mol. The first-order chi connectivity index (χ1) is 10.2. The molecule has 0 unspecified atom stereocenters. The Hall–Kier alpha value is -2.73. The van der Waals surface area contributed by atoms with E-state index >= 15 is 0 Å². The molecule has 0 aliphatic carbocycles. The average Bonchev–Trinajstić information content (AvgIpc) is 2.62. The normalized spacial score (nSPS) is 13.1. The van der Waals surface area contributed by atoms with Crippen LogP contribution in [0.2, 0.25) is 0 Å². The Labute approximate surface area is 124 Å². The molecule has 3 heteroatoms. The number of hydrogen-bond acceptors (Lipinski definition) is 3. The molecule has 0 saturated carbocycles. The molecule has 3 rings (SSSR count). The van der Waals surface area contributed by atoms with Crippen molar-refractivity contribution in [3.05, 3.63) is 53.7 Å². The van der Waals surface area contributed by atoms with Crippen LogP contribution in [0.25, 0.3) is 16.7 Å². The summed E-state index contributed by atoms with van der Waals surface area (Å²) >= 11 is 0. The summed E-state index contributed by atoms with van der Waals surface area (Å²) in [5, 5.41) is 9.59. The van der Waals surface area contributed by atoms with Gasteiger partial charge in [-0.25, -0.2) is 0 Å². The van der Waals surface area contributed by atoms with E-state index < -0.39 is 0 Å². The molecule has 0 amide bonds. The maximum absolute atomic E-state index is 9.59. The Bertz CT molecular complexity index is 784. The number of nitriles is 1. The lowest BCUT2D eigenvalue weighted by atomic mass is 9.94. The molecule has 104 valence electrons. The van der Waals surface area contributed by atoms with Crippen LogP contribution in [0, 0.1) is 11.3 Å². The second-order valence-electron chi connectivity index (χ2n) is 5.06. The average molecular weight is 276 g/mol. The van der Waals surface area contributed by atoms with Crippen molar-refractivity contribution in [1.82, 2.24) is 0 Å². The van der Waals surface area contributed by atoms with Crippen molar-refractivity contribution >= 4 is 11.3 Å². The molecule has 0 spiro atoms. The molecule has 0 fully saturated rings. The highest BCUT2D eigenvalue weighted by Crippen LogP contribution is 2.42. The summed E-state index contributed by atoms with van der Waals surface area (Å²) in [4.78, 5) is 2.07. The Morgan fingerprint density at radius 1 is 1.05 bits per heavy atom. The minimum atomic E-state index is 0.700. The van der Waals surface area contributed by atoms with E-state index in [2.05, 4.69) is 23.1 Å². The van der Waals surface area contributed by atoms with Crippen LogP contribution in [-0.2, 0) is 0 Å². The van der Waals surface area contributed by atoms with E-state index in [1.165, 1.54) is 0 Å². The van der Waals surface area contributed by atoms with E-state index in [1.807, 2.05) is 44.3 Å². The van der Waals surface area contributed by atoms with Gasteiger partial charge < -0.3 is 9.64 Å². The number of allylic oxidation sites excluding steroid dienone is 2. The molecular formula is C18H16N2O. The fraction of sp³-hybridized carbons (Fsp3) is 0.167. The van der Waals surface area contributed by atoms with Crippen LogP contribution in [0.4, 0.5) is 5.69 Å². The third-order valence-corrected chi connectivity index (χ3v) is 4.03. The lowest BCUT2D eigenvalue weighted by Gasteiger charge is -2.21. The Kier molecular flexibility index (Phi) is 3.15. The second-order valence-corrected chi connectivity index (χ2v) is 5.06. The van der Waals surface area contributed by atoms with Gasteiger partial charge in [-0.1, -0.05) is 18.2 Å². The van der Waals surface area contributed by atoms with Crippen molar-refractivity contribution in [3.8, 4) is 22.9 Å². The fourth-order valence-electron chi connectivity index (χ4n) is 2.77. The predicted octanol–water partition coefficient (Wildman–Crippen LogP) is 4.07. The second kappa shape index (κ2) is 4.99. The molecule has 0 N–H and O–H groups in total. The van der Waals surface area contributed by atoms with Gasteiger partial charge in [0.15, 0.2) is 0 Å². The van der Waals surface area contributed by atoms with E-state index in [9.17, 15) is 5.26 Å². The number of methoxy groups -OCH3 is 1. The number of fused-ring (bicyclic) bond motifs is 3. The molecule has 1 aliphatic heterocycles. The molecule has 21 heavy (non-hydrogen) atoms. The summed E-state index contributed by atoms with van der Waals surface area (Å²) in [5.41, 5.74) is 5.84. The van der Waals surface area contributed by atoms with Crippen LogP contribution < -0.4 is 9.64 Å². The third kappa shape index (κ3) is 1.96. The Balaban J connectivity index is 2.42. The molecule has 0 bridgehead atoms. The summed E-state index contributed by atoms with van der Waals surface area (Å²) < 4.78 is 5.35. The minimum absolute atomic E-state index is 0.700. The van der Waals surface area contributed by atoms with Crippen LogP contribution >= 0.6 is 0 Å². The maximum Gasteiger partial charge on any atom is 0.119 e. The van der Waals surface area contributed by atoms with Gasteiger partial charge in [-0.05, 0) is 36.8 Å². The molecular weight excluding hydrogens is 260 g/mol. The van der Waals surface area contributed by atoms with Crippen LogP contribution in [-0.4, -0.2) is 14.2 Å². The van der Waals surface area contributed by atoms with Crippen LogP contribution in [0.15, 0.2) is 48.2 Å². The zero-order valence-corrected chi connectivity index (χ0v) is 12.3. The van der Waals surface area contributed by atoms with Crippen molar-refractivity contribution in [2.45, 2.75) is 6.92 Å². The molecule has 0 saturated heterocycles. The van der Waals surface area contributed by atoms with Crippen LogP contribution in [0.1, 0.15) is 12.5 Å². The van der Waals surface area contributed by atoms with Crippen molar-refractivity contribution in [2.24, 2.45) is 0 Å². The molecule has 2 aromatic carbocycles. The van der Waals surface area contributed by atoms with Crippen molar-refractivity contribution in [2.75, 3.05) is 19.1 Å². The van der Waals surface area contributed by atoms with Crippen molar-refractivity contribution in [3.63, 3.8) is 0 Å². The summed E-state index contributed by atoms with van der Waals surface area (Å²) in [7, 11) is 3.65. The molecule has 1 heterocycles. The Morgan fingerprint density at radius 3 is 2.52 bits per heavy atom. The molecule has 0 atom stereocenters. The van der Waals surface area contributed by atoms with Crippen LogP contribution in [0.5, 0.6) is 5.75 Å². The van der Waals surface area contributed by atoms with Gasteiger partial charge in [0.25, 0.3) is 0 Å². The van der Waals surface area contributed by atoms with Crippen molar-refractivity contribution < 1.29 is 4.74 Å². The highest BCUT2D eigenvalue weighted by molar-refractivity contribution is 5.96. The largest absolute Gasteiger partial charge is 0.497 e. The summed E-state index contributed by atoms with van der Waals surface area (Å²) in [6.45, 7) is 1.98. The number of nitrogens with zero attached hydrogens (tertiary/aromatic N) is 2. The number of benzene rings is 2. The molecule has 2 aromatic rings. The summed E-state index contributed by atoms with van der Waals surface area (Å²) in [6, 6.07) is 16.4. The molecule has 1 aliphatic rings. The molecule has 3 nitrogen and oxygen atoms in total. The van der Waals surface area contributed by atoms with Crippen molar-refractivity contribution in [1.29, 1.82) is 5.26 Å². The molecule has 0 radical (unpaired) electrons. The van der Waals surface area contributed by atoms with Gasteiger partial charge in [0.2, 0.25) is 0 Å². The van der Waals surface area contributed by atoms with Gasteiger partial charge in [0, 0.05) is 29.6 Å². The van der Waals surface area contributed by atoms with E-state index in [0.717, 1.165) is 33.8 Å². The highest BCUT2D eigenvalue weighted by atomic mass is 16.5. The first-order valence-electron chi connectivity index (χ1n) is 6.80. The SMILES string of the molecule is COc1ccc2c(c1)-c1ccccc1N(C)C(C)=C2C#N. The summed E-state index contributed by atoms with van der Waals surface area (Å²) in [5.74, 6) is 0.794. The first kappa shape index (κ1) is 13.3. The minimum Gasteiger partial charge on any atom is -0.497 e. The number of ether oxygens (including phenoxy) is 1. The molecule has 0 aromatic heterocycles. The predicted molar refractivity (Wildman–Crippen MR) is 85.0 cm³/mol. The van der Waals surface area contributed by atoms with Gasteiger partial charge in [-0.15, -0.1) is 0 Å². The zero-order chi connectivity index (χ0) is 15.0. The first-order valence-corrected chi connectivity index (χ1v) is 6.80. The standard InChI is InChI=1S/C18H16N2O/c1-12-17(11-19)14-9-8-13(21-3)10-16(14)15-6-4-5-7-18(15)20(12)2/h4-10H,1-3H3. The smallest absolute Gasteiger partial charge is 0.119 e. The number of para-hydroxylation sites is 1. The lowest BCUT2D eigenvalue weighted by Crippen LogP contribution is -2.15. The van der Waals surface area contributed by atoms with Gasteiger partial charge in [-0.2, -0.15) is 5.26 Å². The van der Waals surface area contributed by atoms with E-state index in [4.69, 9.17) is 4.74 Å². The lowest BCUT2D eigenvalue weighted by molar-refractivity contribution is 0.415. The van der Waals surface area contributed by atoms with E-state index in [1.54, 1.807) is 7.11 Å². The number of rotatable bonds is 1. The van der Waals surface area contributed by atoms with Gasteiger partial charge >= 0.3 is 0 Å². The van der Waals surface area contributed by atoms with Gasteiger partial charge in [0.05, 0.1) is 12.7 Å². The number of hydrogen-bond donors (Lipinski definition) is 0.